The minimum atomic E-state index is -0.0543. The molecular formula is C19H26ClN3O2. The van der Waals surface area contributed by atoms with Crippen LogP contribution in [0.25, 0.3) is 0 Å². The second-order valence-electron chi connectivity index (χ2n) is 7.50. The topological polar surface area (TPSA) is 43.9 Å². The average molecular weight is 364 g/mol. The molecule has 6 heteroatoms. The zero-order valence-corrected chi connectivity index (χ0v) is 15.7. The van der Waals surface area contributed by atoms with E-state index in [0.717, 1.165) is 18.7 Å². The molecule has 1 aromatic carbocycles. The largest absolute Gasteiger partial charge is 0.341 e. The van der Waals surface area contributed by atoms with Gasteiger partial charge in [-0.15, -0.1) is 0 Å². The van der Waals surface area contributed by atoms with Crippen molar-refractivity contribution in [2.24, 2.45) is 11.8 Å². The number of urea groups is 1. The Morgan fingerprint density at radius 3 is 2.32 bits per heavy atom. The molecule has 0 aromatic heterocycles. The third-order valence-corrected chi connectivity index (χ3v) is 5.27. The highest BCUT2D eigenvalue weighted by Crippen LogP contribution is 2.22. The summed E-state index contributed by atoms with van der Waals surface area (Å²) < 4.78 is 0. The molecule has 2 aliphatic rings. The fraction of sp³-hybridized carbons (Fsp3) is 0.579. The van der Waals surface area contributed by atoms with Crippen molar-refractivity contribution in [3.63, 3.8) is 0 Å². The third-order valence-electron chi connectivity index (χ3n) is 5.02. The number of benzene rings is 1. The first-order valence-electron chi connectivity index (χ1n) is 8.98. The highest BCUT2D eigenvalue weighted by atomic mass is 35.5. The van der Waals surface area contributed by atoms with Gasteiger partial charge in [0.05, 0.1) is 0 Å². The normalized spacial score (nSPS) is 24.1. The lowest BCUT2D eigenvalue weighted by Crippen LogP contribution is -2.47. The van der Waals surface area contributed by atoms with Gasteiger partial charge in [-0.1, -0.05) is 37.6 Å². The van der Waals surface area contributed by atoms with E-state index in [4.69, 9.17) is 11.6 Å². The highest BCUT2D eigenvalue weighted by molar-refractivity contribution is 6.30. The number of likely N-dealkylation sites (tertiary alicyclic amines) is 1. The minimum absolute atomic E-state index is 0.0543. The van der Waals surface area contributed by atoms with Crippen LogP contribution in [-0.2, 0) is 11.3 Å². The number of hydrogen-bond donors (Lipinski definition) is 0. The number of halogens is 1. The standard InChI is InChI=1S/C19H26ClN3O2/c1-14-9-15(2)11-23(10-14)18(24)13-22-8-7-21(19(22)25)12-16-3-5-17(20)6-4-16/h3-6,14-15H,7-13H2,1-2H3/t14-,15-/m1/s1. The average Bonchev–Trinajstić information content (AvgIpc) is 2.89. The summed E-state index contributed by atoms with van der Waals surface area (Å²) in [6.45, 7) is 7.99. The van der Waals surface area contributed by atoms with Gasteiger partial charge in [0.25, 0.3) is 0 Å². The monoisotopic (exact) mass is 363 g/mol. The van der Waals surface area contributed by atoms with Crippen LogP contribution in [0.2, 0.25) is 5.02 Å². The van der Waals surface area contributed by atoms with Crippen LogP contribution in [-0.4, -0.2) is 59.4 Å². The second-order valence-corrected chi connectivity index (χ2v) is 7.93. The maximum atomic E-state index is 12.6. The quantitative estimate of drug-likeness (QED) is 0.825. The van der Waals surface area contributed by atoms with E-state index >= 15 is 0 Å². The molecule has 1 aromatic rings. The number of carbonyl (C=O) groups excluding carboxylic acids is 2. The molecule has 25 heavy (non-hydrogen) atoms. The summed E-state index contributed by atoms with van der Waals surface area (Å²) in [5.41, 5.74) is 1.05. The molecule has 2 atom stereocenters. The van der Waals surface area contributed by atoms with Crippen LogP contribution >= 0.6 is 11.6 Å². The van der Waals surface area contributed by atoms with Gasteiger partial charge in [-0.2, -0.15) is 0 Å². The van der Waals surface area contributed by atoms with Gasteiger partial charge in [-0.3, -0.25) is 4.79 Å². The first-order valence-corrected chi connectivity index (χ1v) is 9.36. The van der Waals surface area contributed by atoms with Crippen molar-refractivity contribution in [2.45, 2.75) is 26.8 Å². The van der Waals surface area contributed by atoms with E-state index in [1.165, 1.54) is 6.42 Å². The summed E-state index contributed by atoms with van der Waals surface area (Å²) in [5.74, 6) is 1.13. The van der Waals surface area contributed by atoms with Gasteiger partial charge >= 0.3 is 6.03 Å². The number of piperidine rings is 1. The Bertz CT molecular complexity index is 624. The maximum Gasteiger partial charge on any atom is 0.320 e. The van der Waals surface area contributed by atoms with Crippen LogP contribution < -0.4 is 0 Å². The molecule has 0 spiro atoms. The summed E-state index contributed by atoms with van der Waals surface area (Å²) in [6, 6.07) is 7.47. The zero-order valence-electron chi connectivity index (χ0n) is 14.9. The molecule has 2 heterocycles. The fourth-order valence-electron chi connectivity index (χ4n) is 3.87. The van der Waals surface area contributed by atoms with Crippen molar-refractivity contribution >= 4 is 23.5 Å². The van der Waals surface area contributed by atoms with Crippen LogP contribution in [0.5, 0.6) is 0 Å². The lowest BCUT2D eigenvalue weighted by molar-refractivity contribution is -0.134. The molecule has 0 radical (unpaired) electrons. The van der Waals surface area contributed by atoms with Crippen molar-refractivity contribution < 1.29 is 9.59 Å². The Morgan fingerprint density at radius 2 is 1.68 bits per heavy atom. The van der Waals surface area contributed by atoms with Crippen LogP contribution in [0.15, 0.2) is 24.3 Å². The second kappa shape index (κ2) is 7.65. The van der Waals surface area contributed by atoms with Gasteiger partial charge in [0.1, 0.15) is 6.54 Å². The number of rotatable bonds is 4. The smallest absolute Gasteiger partial charge is 0.320 e. The number of amides is 3. The first-order chi connectivity index (χ1) is 11.9. The Labute approximate surface area is 154 Å². The van der Waals surface area contributed by atoms with E-state index in [1.54, 1.807) is 9.80 Å². The summed E-state index contributed by atoms with van der Waals surface area (Å²) in [4.78, 5) is 30.6. The molecule has 2 fully saturated rings. The molecule has 0 bridgehead atoms. The van der Waals surface area contributed by atoms with E-state index < -0.39 is 0 Å². The van der Waals surface area contributed by atoms with Crippen LogP contribution in [0.3, 0.4) is 0 Å². The number of hydrogen-bond acceptors (Lipinski definition) is 2. The Morgan fingerprint density at radius 1 is 1.08 bits per heavy atom. The van der Waals surface area contributed by atoms with Crippen molar-refractivity contribution in [2.75, 3.05) is 32.7 Å². The Balaban J connectivity index is 1.54. The third kappa shape index (κ3) is 4.46. The van der Waals surface area contributed by atoms with E-state index in [-0.39, 0.29) is 18.5 Å². The Kier molecular flexibility index (Phi) is 5.52. The van der Waals surface area contributed by atoms with E-state index in [0.29, 0.717) is 36.5 Å². The summed E-state index contributed by atoms with van der Waals surface area (Å²) >= 11 is 5.90. The molecule has 3 rings (SSSR count). The molecule has 0 saturated carbocycles. The summed E-state index contributed by atoms with van der Waals surface area (Å²) in [7, 11) is 0. The Hall–Kier alpha value is -1.75. The van der Waals surface area contributed by atoms with Crippen molar-refractivity contribution in [3.8, 4) is 0 Å². The van der Waals surface area contributed by atoms with E-state index in [2.05, 4.69) is 13.8 Å². The zero-order chi connectivity index (χ0) is 18.0. The van der Waals surface area contributed by atoms with Gasteiger partial charge < -0.3 is 14.7 Å². The molecule has 0 unspecified atom stereocenters. The minimum Gasteiger partial charge on any atom is -0.341 e. The SMILES string of the molecule is C[C@@H]1C[C@@H](C)CN(C(=O)CN2CCN(Cc3ccc(Cl)cc3)C2=O)C1. The molecular weight excluding hydrogens is 338 g/mol. The molecule has 0 N–H and O–H groups in total. The van der Waals surface area contributed by atoms with Gasteiger partial charge in [-0.05, 0) is 36.0 Å². The van der Waals surface area contributed by atoms with E-state index in [9.17, 15) is 9.59 Å². The van der Waals surface area contributed by atoms with Crippen LogP contribution in [0, 0.1) is 11.8 Å². The van der Waals surface area contributed by atoms with Crippen molar-refractivity contribution in [1.29, 1.82) is 0 Å². The number of nitrogens with zero attached hydrogens (tertiary/aromatic N) is 3. The lowest BCUT2D eigenvalue weighted by Gasteiger charge is -2.35. The molecule has 0 aliphatic carbocycles. The lowest BCUT2D eigenvalue weighted by atomic mass is 9.92. The fourth-order valence-corrected chi connectivity index (χ4v) is 3.99. The maximum absolute atomic E-state index is 12.6. The van der Waals surface area contributed by atoms with Gasteiger partial charge in [0.15, 0.2) is 0 Å². The van der Waals surface area contributed by atoms with Gasteiger partial charge in [0, 0.05) is 37.7 Å². The predicted octanol–water partition coefficient (Wildman–Crippen LogP) is 3.08. The summed E-state index contributed by atoms with van der Waals surface area (Å²) in [6.07, 6.45) is 1.17. The molecule has 3 amide bonds. The van der Waals surface area contributed by atoms with Crippen LogP contribution in [0.1, 0.15) is 25.8 Å². The molecule has 2 saturated heterocycles. The number of carbonyl (C=O) groups is 2. The van der Waals surface area contributed by atoms with Gasteiger partial charge in [0.2, 0.25) is 5.91 Å². The molecule has 5 nitrogen and oxygen atoms in total. The molecule has 2 aliphatic heterocycles. The van der Waals surface area contributed by atoms with E-state index in [1.807, 2.05) is 29.2 Å². The molecule has 136 valence electrons. The van der Waals surface area contributed by atoms with Crippen molar-refractivity contribution in [3.05, 3.63) is 34.9 Å². The van der Waals surface area contributed by atoms with Crippen LogP contribution in [0.4, 0.5) is 4.79 Å². The predicted molar refractivity (Wildman–Crippen MR) is 98.4 cm³/mol. The summed E-state index contributed by atoms with van der Waals surface area (Å²) in [5, 5.41) is 0.689. The van der Waals surface area contributed by atoms with Gasteiger partial charge in [-0.25, -0.2) is 4.79 Å². The first kappa shape index (κ1) is 18.1. The van der Waals surface area contributed by atoms with Crippen molar-refractivity contribution in [1.82, 2.24) is 14.7 Å². The highest BCUT2D eigenvalue weighted by Gasteiger charge is 2.32.